The quantitative estimate of drug-likeness (QED) is 0.610. The van der Waals surface area contributed by atoms with Gasteiger partial charge in [0.2, 0.25) is 0 Å². The molecule has 0 saturated heterocycles. The molecule has 0 N–H and O–H groups in total. The number of nitrogens with zero attached hydrogens (tertiary/aromatic N) is 2. The normalized spacial score (nSPS) is 10.5. The van der Waals surface area contributed by atoms with Crippen molar-refractivity contribution in [3.8, 4) is 22.5 Å². The fourth-order valence-corrected chi connectivity index (χ4v) is 1.85. The maximum atomic E-state index is 4.28. The van der Waals surface area contributed by atoms with Crippen molar-refractivity contribution in [2.75, 3.05) is 0 Å². The zero-order chi connectivity index (χ0) is 10.8. The first-order valence-electron chi connectivity index (χ1n) is 5.20. The van der Waals surface area contributed by atoms with Crippen LogP contribution >= 0.6 is 0 Å². The molecule has 0 radical (unpaired) electrons. The first-order valence-corrected chi connectivity index (χ1v) is 5.20. The summed E-state index contributed by atoms with van der Waals surface area (Å²) in [5, 5.41) is 0. The minimum atomic E-state index is 0.781. The summed E-state index contributed by atoms with van der Waals surface area (Å²) in [7, 11) is 0. The Morgan fingerprint density at radius 1 is 0.625 bits per heavy atom. The Morgan fingerprint density at radius 2 is 1.44 bits per heavy atom. The molecular weight excluding hydrogens is 196 g/mol. The lowest BCUT2D eigenvalue weighted by Crippen LogP contribution is -1.85. The molecule has 16 heavy (non-hydrogen) atoms. The van der Waals surface area contributed by atoms with Gasteiger partial charge in [-0.05, 0) is 23.3 Å². The molecule has 0 spiro atoms. The molecule has 2 aliphatic carbocycles. The predicted octanol–water partition coefficient (Wildman–Crippen LogP) is 3.25. The highest BCUT2D eigenvalue weighted by Gasteiger charge is 2.10. The summed E-state index contributed by atoms with van der Waals surface area (Å²) in [5.74, 6) is 0.781. The largest absolute Gasteiger partial charge is 0.237 e. The number of hydrogen-bond donors (Lipinski definition) is 0. The first kappa shape index (κ1) is 9.04. The van der Waals surface area contributed by atoms with E-state index in [4.69, 9.17) is 0 Å². The van der Waals surface area contributed by atoms with Gasteiger partial charge in [0.15, 0.2) is 5.82 Å². The van der Waals surface area contributed by atoms with Gasteiger partial charge in [-0.15, -0.1) is 0 Å². The molecule has 0 unspecified atom stereocenters. The molecule has 0 atom stereocenters. The van der Waals surface area contributed by atoms with Gasteiger partial charge in [-0.1, -0.05) is 36.4 Å². The van der Waals surface area contributed by atoms with E-state index >= 15 is 0 Å². The van der Waals surface area contributed by atoms with Crippen molar-refractivity contribution in [1.82, 2.24) is 9.97 Å². The van der Waals surface area contributed by atoms with Crippen LogP contribution in [0.25, 0.3) is 22.5 Å². The molecule has 1 aromatic heterocycles. The average molecular weight is 206 g/mol. The highest BCUT2D eigenvalue weighted by Crippen LogP contribution is 2.32. The van der Waals surface area contributed by atoms with Gasteiger partial charge in [0.05, 0.1) is 0 Å². The highest BCUT2D eigenvalue weighted by molar-refractivity contribution is 5.83. The van der Waals surface area contributed by atoms with Crippen molar-refractivity contribution >= 4 is 0 Å². The minimum absolute atomic E-state index is 0.781. The van der Waals surface area contributed by atoms with Crippen LogP contribution in [0.2, 0.25) is 0 Å². The molecule has 76 valence electrons. The van der Waals surface area contributed by atoms with Crippen molar-refractivity contribution in [3.05, 3.63) is 60.9 Å². The molecule has 0 bridgehead atoms. The topological polar surface area (TPSA) is 25.8 Å². The van der Waals surface area contributed by atoms with E-state index in [1.807, 2.05) is 24.3 Å². The van der Waals surface area contributed by atoms with Gasteiger partial charge >= 0.3 is 0 Å². The number of hydrogen-bond acceptors (Lipinski definition) is 2. The fraction of sp³-hybridized carbons (Fsp3) is 0. The maximum absolute atomic E-state index is 4.28. The molecular formula is C14H10N2. The molecule has 2 nitrogen and oxygen atoms in total. The van der Waals surface area contributed by atoms with Gasteiger partial charge in [-0.3, -0.25) is 0 Å². The molecule has 3 rings (SSSR count). The van der Waals surface area contributed by atoms with Crippen LogP contribution in [-0.4, -0.2) is 9.97 Å². The number of fused-ring (bicyclic) bond motifs is 1. The van der Waals surface area contributed by atoms with Gasteiger partial charge < -0.3 is 0 Å². The summed E-state index contributed by atoms with van der Waals surface area (Å²) in [6, 6.07) is 16.3. The molecule has 1 aromatic rings. The fourth-order valence-electron chi connectivity index (χ4n) is 1.85. The van der Waals surface area contributed by atoms with E-state index < -0.39 is 0 Å². The molecule has 0 aromatic carbocycles. The summed E-state index contributed by atoms with van der Waals surface area (Å²) in [6.45, 7) is 0. The second-order valence-electron chi connectivity index (χ2n) is 3.60. The molecule has 0 saturated carbocycles. The summed E-state index contributed by atoms with van der Waals surface area (Å²) < 4.78 is 0. The van der Waals surface area contributed by atoms with Crippen molar-refractivity contribution in [3.63, 3.8) is 0 Å². The number of aromatic nitrogens is 2. The molecule has 2 aliphatic rings. The van der Waals surface area contributed by atoms with Crippen LogP contribution in [0.3, 0.4) is 0 Å². The second kappa shape index (κ2) is 3.74. The number of rotatable bonds is 1. The lowest BCUT2D eigenvalue weighted by atomic mass is 10.1. The third-order valence-corrected chi connectivity index (χ3v) is 2.60. The summed E-state index contributed by atoms with van der Waals surface area (Å²) in [6.07, 6.45) is 3.54. The highest BCUT2D eigenvalue weighted by atomic mass is 14.9. The Labute approximate surface area is 94.0 Å². The average Bonchev–Trinajstić information content (AvgIpc) is 2.60. The van der Waals surface area contributed by atoms with Crippen molar-refractivity contribution in [2.24, 2.45) is 0 Å². The first-order chi connectivity index (χ1) is 7.95. The van der Waals surface area contributed by atoms with Gasteiger partial charge in [0.1, 0.15) is 0 Å². The van der Waals surface area contributed by atoms with Crippen molar-refractivity contribution in [1.29, 1.82) is 0 Å². The van der Waals surface area contributed by atoms with E-state index in [9.17, 15) is 0 Å². The zero-order valence-corrected chi connectivity index (χ0v) is 8.67. The van der Waals surface area contributed by atoms with E-state index in [1.165, 1.54) is 11.1 Å². The van der Waals surface area contributed by atoms with Crippen molar-refractivity contribution < 1.29 is 0 Å². The van der Waals surface area contributed by atoms with E-state index in [1.54, 1.807) is 12.4 Å². The Hall–Kier alpha value is -2.22. The summed E-state index contributed by atoms with van der Waals surface area (Å²) in [5.41, 5.74) is 3.50. The Bertz CT molecular complexity index is 575. The maximum Gasteiger partial charge on any atom is 0.159 e. The van der Waals surface area contributed by atoms with E-state index in [-0.39, 0.29) is 0 Å². The standard InChI is InChI=1S/C14H10N2/c1-2-5-11-7-8-13(12(11)6-3-1)14-15-9-4-10-16-14/h1-10H. The second-order valence-corrected chi connectivity index (χ2v) is 3.60. The monoisotopic (exact) mass is 206 g/mol. The van der Waals surface area contributed by atoms with Gasteiger partial charge in [-0.25, -0.2) is 9.97 Å². The SMILES string of the molecule is c1ccc2ccc(-c3ncccn3)c-2cc1. The van der Waals surface area contributed by atoms with Crippen LogP contribution < -0.4 is 0 Å². The zero-order valence-electron chi connectivity index (χ0n) is 8.67. The van der Waals surface area contributed by atoms with Crippen molar-refractivity contribution in [2.45, 2.75) is 0 Å². The van der Waals surface area contributed by atoms with Crippen LogP contribution in [0.5, 0.6) is 0 Å². The van der Waals surface area contributed by atoms with Gasteiger partial charge in [-0.2, -0.15) is 0 Å². The van der Waals surface area contributed by atoms with Crippen LogP contribution in [0.4, 0.5) is 0 Å². The molecule has 2 heteroatoms. The lowest BCUT2D eigenvalue weighted by molar-refractivity contribution is 1.18. The smallest absolute Gasteiger partial charge is 0.159 e. The van der Waals surface area contributed by atoms with E-state index in [2.05, 4.69) is 34.2 Å². The molecule has 0 amide bonds. The molecule has 1 heterocycles. The molecule has 0 aliphatic heterocycles. The third kappa shape index (κ3) is 1.44. The Kier molecular flexibility index (Phi) is 2.11. The van der Waals surface area contributed by atoms with Crippen LogP contribution in [0.1, 0.15) is 0 Å². The van der Waals surface area contributed by atoms with E-state index in [0.29, 0.717) is 0 Å². The Morgan fingerprint density at radius 3 is 2.31 bits per heavy atom. The summed E-state index contributed by atoms with van der Waals surface area (Å²) in [4.78, 5) is 8.56. The van der Waals surface area contributed by atoms with Gasteiger partial charge in [0.25, 0.3) is 0 Å². The predicted molar refractivity (Wildman–Crippen MR) is 64.1 cm³/mol. The van der Waals surface area contributed by atoms with E-state index in [0.717, 1.165) is 11.4 Å². The molecule has 0 fully saturated rings. The van der Waals surface area contributed by atoms with Gasteiger partial charge in [0, 0.05) is 18.0 Å². The summed E-state index contributed by atoms with van der Waals surface area (Å²) >= 11 is 0. The van der Waals surface area contributed by atoms with Crippen LogP contribution in [0, 0.1) is 0 Å². The van der Waals surface area contributed by atoms with Crippen LogP contribution in [-0.2, 0) is 0 Å². The minimum Gasteiger partial charge on any atom is -0.237 e. The van der Waals surface area contributed by atoms with Crippen LogP contribution in [0.15, 0.2) is 60.9 Å². The third-order valence-electron chi connectivity index (χ3n) is 2.60. The lowest BCUT2D eigenvalue weighted by Gasteiger charge is -1.99. The Balaban J connectivity index is 2.22.